The number of hydrogen-bond acceptors (Lipinski definition) is 2. The van der Waals surface area contributed by atoms with Gasteiger partial charge in [0.1, 0.15) is 0 Å². The molecule has 0 amide bonds. The van der Waals surface area contributed by atoms with Gasteiger partial charge in [-0.25, -0.2) is 0 Å². The molecule has 1 aliphatic heterocycles. The van der Waals surface area contributed by atoms with Crippen LogP contribution in [-0.2, 0) is 14.7 Å². The van der Waals surface area contributed by atoms with E-state index in [-0.39, 0.29) is 23.7 Å². The third-order valence-corrected chi connectivity index (χ3v) is 7.50. The van der Waals surface area contributed by atoms with Gasteiger partial charge in [0, 0.05) is 5.41 Å². The van der Waals surface area contributed by atoms with Crippen LogP contribution in [-0.4, -0.2) is 18.3 Å². The van der Waals surface area contributed by atoms with Crippen LogP contribution in [0.5, 0.6) is 0 Å². The Hall–Kier alpha value is -1.58. The number of fused-ring (bicyclic) bond motifs is 3. The van der Waals surface area contributed by atoms with Crippen molar-refractivity contribution >= 4 is 12.6 Å². The Bertz CT molecular complexity index is 887. The molecule has 3 heteroatoms. The summed E-state index contributed by atoms with van der Waals surface area (Å²) in [7, 11) is -0.323. The zero-order chi connectivity index (χ0) is 20.5. The second kappa shape index (κ2) is 6.21. The summed E-state index contributed by atoms with van der Waals surface area (Å²) < 4.78 is 12.7. The highest BCUT2D eigenvalue weighted by molar-refractivity contribution is 6.62. The van der Waals surface area contributed by atoms with E-state index < -0.39 is 0 Å². The molecule has 0 N–H and O–H groups in total. The highest BCUT2D eigenvalue weighted by atomic mass is 16.7. The van der Waals surface area contributed by atoms with Gasteiger partial charge >= 0.3 is 7.12 Å². The van der Waals surface area contributed by atoms with Crippen LogP contribution in [0.25, 0.3) is 11.1 Å². The second-order valence-corrected chi connectivity index (χ2v) is 10.1. The van der Waals surface area contributed by atoms with Crippen molar-refractivity contribution in [1.29, 1.82) is 0 Å². The first-order chi connectivity index (χ1) is 13.0. The molecule has 2 aromatic rings. The third kappa shape index (κ3) is 2.49. The lowest BCUT2D eigenvalue weighted by molar-refractivity contribution is 0.00578. The van der Waals surface area contributed by atoms with Crippen LogP contribution in [0.3, 0.4) is 0 Å². The van der Waals surface area contributed by atoms with Gasteiger partial charge in [0.25, 0.3) is 0 Å². The molecule has 4 rings (SSSR count). The van der Waals surface area contributed by atoms with Crippen molar-refractivity contribution in [3.63, 3.8) is 0 Å². The lowest BCUT2D eigenvalue weighted by atomic mass is 9.62. The van der Waals surface area contributed by atoms with Gasteiger partial charge in [-0.1, -0.05) is 70.2 Å². The molecule has 1 heterocycles. The van der Waals surface area contributed by atoms with Crippen molar-refractivity contribution < 1.29 is 9.31 Å². The van der Waals surface area contributed by atoms with Gasteiger partial charge in [-0.15, -0.1) is 0 Å². The molecule has 2 aliphatic rings. The largest absolute Gasteiger partial charge is 0.494 e. The first kappa shape index (κ1) is 19.7. The minimum absolute atomic E-state index is 0.00553. The molecular weight excluding hydrogens is 343 g/mol. The maximum Gasteiger partial charge on any atom is 0.494 e. The van der Waals surface area contributed by atoms with E-state index in [1.54, 1.807) is 0 Å². The molecule has 1 saturated heterocycles. The normalized spacial score (nSPS) is 21.3. The average Bonchev–Trinajstić information content (AvgIpc) is 3.02. The van der Waals surface area contributed by atoms with Gasteiger partial charge in [-0.3, -0.25) is 0 Å². The van der Waals surface area contributed by atoms with Crippen LogP contribution < -0.4 is 5.46 Å². The molecule has 2 aromatic carbocycles. The van der Waals surface area contributed by atoms with E-state index in [4.69, 9.17) is 9.31 Å². The van der Waals surface area contributed by atoms with E-state index in [9.17, 15) is 0 Å². The molecule has 1 aliphatic carbocycles. The number of hydrogen-bond donors (Lipinski definition) is 0. The standard InChI is InChI=1S/C25H33BO2/c1-16(2)25(17(3)4)21-12-10-9-11-19(21)20-14-13-18(15-22(20)25)26-27-23(5,6)24(7,8)28-26/h9-17H,1-8H3. The number of benzene rings is 2. The van der Waals surface area contributed by atoms with E-state index in [1.165, 1.54) is 22.3 Å². The van der Waals surface area contributed by atoms with E-state index in [1.807, 2.05) is 0 Å². The van der Waals surface area contributed by atoms with Gasteiger partial charge < -0.3 is 9.31 Å². The summed E-state index contributed by atoms with van der Waals surface area (Å²) in [5.41, 5.74) is 6.09. The summed E-state index contributed by atoms with van der Waals surface area (Å²) in [5, 5.41) is 0. The Labute approximate surface area is 170 Å². The molecule has 0 aromatic heterocycles. The quantitative estimate of drug-likeness (QED) is 0.653. The Morgan fingerprint density at radius 2 is 1.25 bits per heavy atom. The fourth-order valence-electron chi connectivity index (χ4n) is 5.40. The Morgan fingerprint density at radius 1 is 0.714 bits per heavy atom. The highest BCUT2D eigenvalue weighted by Crippen LogP contribution is 2.56. The first-order valence-electron chi connectivity index (χ1n) is 10.6. The van der Waals surface area contributed by atoms with Crippen LogP contribution in [0.15, 0.2) is 42.5 Å². The average molecular weight is 376 g/mol. The molecular formula is C25H33BO2. The van der Waals surface area contributed by atoms with Crippen molar-refractivity contribution in [1.82, 2.24) is 0 Å². The van der Waals surface area contributed by atoms with Crippen LogP contribution in [0.2, 0.25) is 0 Å². The lowest BCUT2D eigenvalue weighted by Gasteiger charge is -2.40. The summed E-state index contributed by atoms with van der Waals surface area (Å²) in [6.07, 6.45) is 0. The zero-order valence-electron chi connectivity index (χ0n) is 18.6. The summed E-state index contributed by atoms with van der Waals surface area (Å²) in [5.74, 6) is 0.979. The van der Waals surface area contributed by atoms with Crippen molar-refractivity contribution in [3.05, 3.63) is 53.6 Å². The Balaban J connectivity index is 1.89. The maximum absolute atomic E-state index is 6.35. The van der Waals surface area contributed by atoms with E-state index >= 15 is 0 Å². The fraction of sp³-hybridized carbons (Fsp3) is 0.520. The maximum atomic E-state index is 6.35. The molecule has 0 radical (unpaired) electrons. The molecule has 0 bridgehead atoms. The minimum Gasteiger partial charge on any atom is -0.399 e. The molecule has 1 fully saturated rings. The van der Waals surface area contributed by atoms with Gasteiger partial charge in [-0.2, -0.15) is 0 Å². The first-order valence-corrected chi connectivity index (χ1v) is 10.6. The van der Waals surface area contributed by atoms with E-state index in [0.29, 0.717) is 11.8 Å². The summed E-state index contributed by atoms with van der Waals surface area (Å²) in [6, 6.07) is 15.8. The van der Waals surface area contributed by atoms with Gasteiger partial charge in [-0.05, 0) is 67.2 Å². The predicted octanol–water partition coefficient (Wildman–Crippen LogP) is 5.56. The topological polar surface area (TPSA) is 18.5 Å². The molecule has 148 valence electrons. The minimum atomic E-state index is -0.327. The third-order valence-electron chi connectivity index (χ3n) is 7.50. The molecule has 0 spiro atoms. The highest BCUT2D eigenvalue weighted by Gasteiger charge is 2.53. The zero-order valence-corrected chi connectivity index (χ0v) is 18.6. The SMILES string of the molecule is CC(C)C1(C(C)C)c2ccccc2-c2ccc(B3OC(C)(C)C(C)(C)O3)cc21. The molecule has 0 atom stereocenters. The van der Waals surface area contributed by atoms with Crippen molar-refractivity contribution in [2.45, 2.75) is 72.0 Å². The second-order valence-electron chi connectivity index (χ2n) is 10.1. The van der Waals surface area contributed by atoms with Crippen LogP contribution in [0, 0.1) is 11.8 Å². The van der Waals surface area contributed by atoms with E-state index in [0.717, 1.165) is 5.46 Å². The van der Waals surface area contributed by atoms with Crippen molar-refractivity contribution in [2.24, 2.45) is 11.8 Å². The summed E-state index contributed by atoms with van der Waals surface area (Å²) >= 11 is 0. The van der Waals surface area contributed by atoms with Crippen LogP contribution >= 0.6 is 0 Å². The van der Waals surface area contributed by atoms with Gasteiger partial charge in [0.05, 0.1) is 11.2 Å². The van der Waals surface area contributed by atoms with Gasteiger partial charge in [0.15, 0.2) is 0 Å². The van der Waals surface area contributed by atoms with Crippen molar-refractivity contribution in [2.75, 3.05) is 0 Å². The molecule has 28 heavy (non-hydrogen) atoms. The molecule has 0 saturated carbocycles. The fourth-order valence-corrected chi connectivity index (χ4v) is 5.40. The van der Waals surface area contributed by atoms with Crippen LogP contribution in [0.4, 0.5) is 0 Å². The lowest BCUT2D eigenvalue weighted by Crippen LogP contribution is -2.41. The monoisotopic (exact) mass is 376 g/mol. The van der Waals surface area contributed by atoms with Gasteiger partial charge in [0.2, 0.25) is 0 Å². The van der Waals surface area contributed by atoms with Crippen molar-refractivity contribution in [3.8, 4) is 11.1 Å². The Morgan fingerprint density at radius 3 is 1.82 bits per heavy atom. The number of rotatable bonds is 3. The molecule has 2 nitrogen and oxygen atoms in total. The Kier molecular flexibility index (Phi) is 4.38. The molecule has 0 unspecified atom stereocenters. The van der Waals surface area contributed by atoms with Crippen LogP contribution in [0.1, 0.15) is 66.5 Å². The predicted molar refractivity (Wildman–Crippen MR) is 118 cm³/mol. The van der Waals surface area contributed by atoms with E-state index in [2.05, 4.69) is 97.9 Å². The summed E-state index contributed by atoms with van der Waals surface area (Å²) in [6.45, 7) is 17.9. The summed E-state index contributed by atoms with van der Waals surface area (Å²) in [4.78, 5) is 0. The smallest absolute Gasteiger partial charge is 0.399 e.